The van der Waals surface area contributed by atoms with E-state index < -0.39 is 31.1 Å². The molecular weight excluding hydrogens is 317 g/mol. The number of hydrogen-bond donors (Lipinski definition) is 3. The molecule has 2 fully saturated rings. The zero-order valence-corrected chi connectivity index (χ0v) is 13.6. The highest BCUT2D eigenvalue weighted by atomic mass is 16.7. The molecule has 3 amide bonds. The van der Waals surface area contributed by atoms with Crippen molar-refractivity contribution in [3.8, 4) is 0 Å². The Morgan fingerprint density at radius 1 is 1.67 bits per heavy atom. The molecular formula is C13H22BN5O5. The maximum absolute atomic E-state index is 12.4. The normalized spacial score (nSPS) is 24.4. The van der Waals surface area contributed by atoms with Gasteiger partial charge in [-0.05, 0) is 6.82 Å². The molecule has 2 aliphatic heterocycles. The van der Waals surface area contributed by atoms with Crippen LogP contribution in [-0.4, -0.2) is 78.1 Å². The molecule has 132 valence electrons. The summed E-state index contributed by atoms with van der Waals surface area (Å²) in [5.74, 6) is -0.601. The highest BCUT2D eigenvalue weighted by Gasteiger charge is 2.51. The van der Waals surface area contributed by atoms with Crippen LogP contribution < -0.4 is 11.0 Å². The van der Waals surface area contributed by atoms with Crippen molar-refractivity contribution in [3.63, 3.8) is 0 Å². The molecule has 24 heavy (non-hydrogen) atoms. The van der Waals surface area contributed by atoms with E-state index in [1.54, 1.807) is 6.82 Å². The molecule has 0 unspecified atom stereocenters. The van der Waals surface area contributed by atoms with Gasteiger partial charge in [0.25, 0.3) is 0 Å². The molecule has 2 bridgehead atoms. The second kappa shape index (κ2) is 8.13. The lowest BCUT2D eigenvalue weighted by atomic mass is 9.89. The Hall–Kier alpha value is -2.11. The number of rotatable bonds is 9. The van der Waals surface area contributed by atoms with Gasteiger partial charge in [0.15, 0.2) is 0 Å². The van der Waals surface area contributed by atoms with Crippen LogP contribution in [0.25, 0.3) is 0 Å². The Morgan fingerprint density at radius 2 is 2.42 bits per heavy atom. The second-order valence-corrected chi connectivity index (χ2v) is 5.53. The monoisotopic (exact) mass is 339 g/mol. The third kappa shape index (κ3) is 4.05. The Bertz CT molecular complexity index is 529. The van der Waals surface area contributed by atoms with E-state index in [0.717, 1.165) is 0 Å². The van der Waals surface area contributed by atoms with E-state index >= 15 is 0 Å². The minimum Gasteiger partial charge on any atom is -0.437 e. The van der Waals surface area contributed by atoms with Crippen LogP contribution in [0.1, 0.15) is 6.42 Å². The van der Waals surface area contributed by atoms with E-state index in [2.05, 4.69) is 17.0 Å². The molecule has 2 aliphatic rings. The molecule has 2 rings (SSSR count). The van der Waals surface area contributed by atoms with Crippen molar-refractivity contribution in [3.05, 3.63) is 12.7 Å². The van der Waals surface area contributed by atoms with E-state index in [4.69, 9.17) is 20.4 Å². The maximum Gasteiger partial charge on any atom is 0.373 e. The lowest BCUT2D eigenvalue weighted by Crippen LogP contribution is -2.51. The number of hydrogen-bond acceptors (Lipinski definition) is 7. The number of amides is 3. The molecule has 0 saturated carbocycles. The number of piperidine rings is 1. The molecule has 11 heteroatoms. The van der Waals surface area contributed by atoms with E-state index in [9.17, 15) is 9.59 Å². The van der Waals surface area contributed by atoms with Crippen molar-refractivity contribution in [2.45, 2.75) is 25.3 Å². The van der Waals surface area contributed by atoms with Gasteiger partial charge in [0, 0.05) is 13.0 Å². The highest BCUT2D eigenvalue weighted by Crippen LogP contribution is 2.28. The lowest BCUT2D eigenvalue weighted by molar-refractivity contribution is -0.122. The van der Waals surface area contributed by atoms with Crippen LogP contribution in [0.2, 0.25) is 6.82 Å². The summed E-state index contributed by atoms with van der Waals surface area (Å²) in [5.41, 5.74) is 5.91. The van der Waals surface area contributed by atoms with Crippen molar-refractivity contribution >= 4 is 24.7 Å². The number of nitrogens with zero attached hydrogens (tertiary/aromatic N) is 3. The number of urea groups is 1. The van der Waals surface area contributed by atoms with Crippen LogP contribution in [0, 0.1) is 0 Å². The van der Waals surface area contributed by atoms with Crippen LogP contribution in [0.3, 0.4) is 0 Å². The van der Waals surface area contributed by atoms with Gasteiger partial charge in [-0.3, -0.25) is 9.63 Å². The van der Waals surface area contributed by atoms with E-state index in [1.807, 2.05) is 0 Å². The molecule has 2 heterocycles. The number of carbonyl (C=O) groups is 2. The summed E-state index contributed by atoms with van der Waals surface area (Å²) in [6.45, 7) is 6.19. The fourth-order valence-electron chi connectivity index (χ4n) is 2.62. The summed E-state index contributed by atoms with van der Waals surface area (Å²) in [4.78, 5) is 36.0. The summed E-state index contributed by atoms with van der Waals surface area (Å²) in [5, 5.41) is 17.1. The van der Waals surface area contributed by atoms with Crippen molar-refractivity contribution in [2.75, 3.05) is 26.3 Å². The van der Waals surface area contributed by atoms with Gasteiger partial charge in [-0.25, -0.2) is 4.79 Å². The molecule has 0 radical (unpaired) electrons. The van der Waals surface area contributed by atoms with E-state index in [0.29, 0.717) is 12.3 Å². The standard InChI is InChI=1S/C13H22BN5O5/c1-3-5-24-19-11-8-18(13(19)21)10(12(15)20)7-9(11)17-23-6-4-16-14(2)22/h3,10-11,16,22H,1,4-8H2,2H3,(H2,15,20)/t10-,11-/m0/s1. The van der Waals surface area contributed by atoms with Gasteiger partial charge in [-0.2, -0.15) is 5.06 Å². The first kappa shape index (κ1) is 18.2. The van der Waals surface area contributed by atoms with E-state index in [1.165, 1.54) is 16.0 Å². The van der Waals surface area contributed by atoms with Crippen molar-refractivity contribution in [2.24, 2.45) is 10.9 Å². The van der Waals surface area contributed by atoms with Crippen molar-refractivity contribution < 1.29 is 24.3 Å². The number of oxime groups is 1. The largest absolute Gasteiger partial charge is 0.437 e. The first-order valence-electron chi connectivity index (χ1n) is 7.68. The fourth-order valence-corrected chi connectivity index (χ4v) is 2.62. The summed E-state index contributed by atoms with van der Waals surface area (Å²) in [7, 11) is -0.640. The number of nitrogens with one attached hydrogen (secondary N) is 1. The Labute approximate surface area is 140 Å². The summed E-state index contributed by atoms with van der Waals surface area (Å²) in [6, 6.07) is -1.63. The predicted octanol–water partition coefficient (Wildman–Crippen LogP) is -1.46. The SMILES string of the molecule is C=CCON1C(=O)N2C[C@H]1C(=NOCCNB(C)O)C[C@H]2C(N)=O. The number of primary amides is 1. The average molecular weight is 339 g/mol. The minimum absolute atomic E-state index is 0.157. The zero-order valence-electron chi connectivity index (χ0n) is 13.6. The van der Waals surface area contributed by atoms with Crippen molar-refractivity contribution in [1.29, 1.82) is 0 Å². The Morgan fingerprint density at radius 3 is 3.04 bits per heavy atom. The van der Waals surface area contributed by atoms with Gasteiger partial charge in [0.1, 0.15) is 18.7 Å². The van der Waals surface area contributed by atoms with Gasteiger partial charge in [0.05, 0.1) is 18.9 Å². The molecule has 0 aromatic carbocycles. The minimum atomic E-state index is -0.774. The van der Waals surface area contributed by atoms with Crippen LogP contribution in [0.4, 0.5) is 4.79 Å². The first-order valence-corrected chi connectivity index (χ1v) is 7.68. The number of fused-ring (bicyclic) bond motifs is 2. The van der Waals surface area contributed by atoms with Crippen LogP contribution in [-0.2, 0) is 14.5 Å². The smallest absolute Gasteiger partial charge is 0.373 e. The third-order valence-electron chi connectivity index (χ3n) is 3.73. The topological polar surface area (TPSA) is 130 Å². The van der Waals surface area contributed by atoms with Crippen LogP contribution in [0.5, 0.6) is 0 Å². The number of hydroxylamine groups is 2. The molecule has 2 saturated heterocycles. The Kier molecular flexibility index (Phi) is 6.18. The molecule has 0 aliphatic carbocycles. The summed E-state index contributed by atoms with van der Waals surface area (Å²) in [6.07, 6.45) is 1.72. The zero-order chi connectivity index (χ0) is 17.7. The molecule has 0 spiro atoms. The summed E-state index contributed by atoms with van der Waals surface area (Å²) < 4.78 is 0. The highest BCUT2D eigenvalue weighted by molar-refractivity contribution is 6.45. The first-order chi connectivity index (χ1) is 11.5. The predicted molar refractivity (Wildman–Crippen MR) is 86.7 cm³/mol. The van der Waals surface area contributed by atoms with Gasteiger partial charge in [0.2, 0.25) is 5.91 Å². The number of nitrogens with two attached hydrogens (primary N) is 1. The number of carbonyl (C=O) groups excluding carboxylic acids is 2. The third-order valence-corrected chi connectivity index (χ3v) is 3.73. The van der Waals surface area contributed by atoms with Gasteiger partial charge in [-0.15, -0.1) is 6.58 Å². The summed E-state index contributed by atoms with van der Waals surface area (Å²) >= 11 is 0. The maximum atomic E-state index is 12.4. The quantitative estimate of drug-likeness (QED) is 0.204. The van der Waals surface area contributed by atoms with Crippen LogP contribution >= 0.6 is 0 Å². The molecule has 0 aromatic heterocycles. The average Bonchev–Trinajstić information content (AvgIpc) is 2.79. The van der Waals surface area contributed by atoms with Crippen molar-refractivity contribution in [1.82, 2.24) is 15.2 Å². The van der Waals surface area contributed by atoms with Crippen LogP contribution in [0.15, 0.2) is 17.8 Å². The molecule has 10 nitrogen and oxygen atoms in total. The molecule has 4 N–H and O–H groups in total. The molecule has 0 aromatic rings. The van der Waals surface area contributed by atoms with Gasteiger partial charge in [-0.1, -0.05) is 11.2 Å². The Balaban J connectivity index is 2.06. The van der Waals surface area contributed by atoms with Gasteiger partial charge < -0.3 is 25.7 Å². The van der Waals surface area contributed by atoms with Gasteiger partial charge >= 0.3 is 13.1 Å². The second-order valence-electron chi connectivity index (χ2n) is 5.53. The molecule has 2 atom stereocenters. The van der Waals surface area contributed by atoms with E-state index in [-0.39, 0.29) is 26.2 Å². The fraction of sp³-hybridized carbons (Fsp3) is 0.615. The lowest BCUT2D eigenvalue weighted by Gasteiger charge is -2.28.